The van der Waals surface area contributed by atoms with E-state index in [0.717, 1.165) is 15.5 Å². The summed E-state index contributed by atoms with van der Waals surface area (Å²) < 4.78 is 2.26. The smallest absolute Gasteiger partial charge is 0.0536 e. The molecule has 1 aromatic carbocycles. The van der Waals surface area contributed by atoms with Gasteiger partial charge in [-0.25, -0.2) is 0 Å². The third-order valence-electron chi connectivity index (χ3n) is 3.07. The number of likely N-dealkylation sites (N-methyl/N-ethyl adjacent to an activating group) is 1. The minimum atomic E-state index is 0.372. The monoisotopic (exact) mass is 357 g/mol. The average Bonchev–Trinajstić information content (AvgIpc) is 2.77. The van der Waals surface area contributed by atoms with E-state index in [0.29, 0.717) is 6.04 Å². The van der Waals surface area contributed by atoms with Crippen LogP contribution in [0.25, 0.3) is 0 Å². The highest BCUT2D eigenvalue weighted by Crippen LogP contribution is 2.33. The summed E-state index contributed by atoms with van der Waals surface area (Å²) in [6, 6.07) is 6.86. The van der Waals surface area contributed by atoms with Crippen LogP contribution in [0.2, 0.25) is 0 Å². The minimum absolute atomic E-state index is 0.372. The fourth-order valence-electron chi connectivity index (χ4n) is 2.37. The summed E-state index contributed by atoms with van der Waals surface area (Å²) in [6.07, 6.45) is 6.14. The Balaban J connectivity index is 2.31. The topological polar surface area (TPSA) is 12.0 Å². The molecule has 1 atom stereocenters. The Morgan fingerprint density at radius 2 is 1.94 bits per heavy atom. The number of benzene rings is 1. The van der Waals surface area contributed by atoms with Crippen LogP contribution in [-0.2, 0) is 0 Å². The van der Waals surface area contributed by atoms with E-state index >= 15 is 0 Å². The van der Waals surface area contributed by atoms with Gasteiger partial charge in [0.1, 0.15) is 0 Å². The molecule has 0 radical (unpaired) electrons. The van der Waals surface area contributed by atoms with Crippen molar-refractivity contribution >= 4 is 31.9 Å². The maximum Gasteiger partial charge on any atom is 0.0536 e. The second-order valence-electron chi connectivity index (χ2n) is 4.36. The van der Waals surface area contributed by atoms with Crippen molar-refractivity contribution in [1.29, 1.82) is 0 Å². The SMILES string of the molecule is CCNC(C1=CCCC1)c1cc(Br)cc(Br)c1. The van der Waals surface area contributed by atoms with Gasteiger partial charge in [0.05, 0.1) is 6.04 Å². The lowest BCUT2D eigenvalue weighted by Gasteiger charge is -2.20. The molecule has 0 heterocycles. The fourth-order valence-corrected chi connectivity index (χ4v) is 3.70. The van der Waals surface area contributed by atoms with Gasteiger partial charge in [-0.2, -0.15) is 0 Å². The van der Waals surface area contributed by atoms with Crippen molar-refractivity contribution in [3.05, 3.63) is 44.4 Å². The molecule has 3 heteroatoms. The van der Waals surface area contributed by atoms with Crippen LogP contribution in [0.5, 0.6) is 0 Å². The van der Waals surface area contributed by atoms with E-state index in [1.54, 1.807) is 0 Å². The number of rotatable bonds is 4. The molecule has 0 saturated carbocycles. The summed E-state index contributed by atoms with van der Waals surface area (Å²) in [5.74, 6) is 0. The highest BCUT2D eigenvalue weighted by Gasteiger charge is 2.18. The molecular weight excluding hydrogens is 342 g/mol. The Morgan fingerprint density at radius 1 is 1.24 bits per heavy atom. The molecule has 17 heavy (non-hydrogen) atoms. The van der Waals surface area contributed by atoms with Gasteiger partial charge in [-0.05, 0) is 49.6 Å². The maximum absolute atomic E-state index is 3.59. The van der Waals surface area contributed by atoms with Crippen LogP contribution < -0.4 is 5.32 Å². The van der Waals surface area contributed by atoms with Crippen LogP contribution in [0.3, 0.4) is 0 Å². The van der Waals surface area contributed by atoms with Gasteiger partial charge < -0.3 is 5.32 Å². The molecule has 92 valence electrons. The summed E-state index contributed by atoms with van der Waals surface area (Å²) in [4.78, 5) is 0. The Labute approximate surface area is 120 Å². The first-order chi connectivity index (χ1) is 8.20. The molecule has 1 nitrogen and oxygen atoms in total. The second kappa shape index (κ2) is 6.17. The van der Waals surface area contributed by atoms with Crippen LogP contribution in [0, 0.1) is 0 Å². The zero-order chi connectivity index (χ0) is 12.3. The van der Waals surface area contributed by atoms with Crippen molar-refractivity contribution in [2.24, 2.45) is 0 Å². The standard InChI is InChI=1S/C14H17Br2N/c1-2-17-14(10-5-3-4-6-10)11-7-12(15)9-13(16)8-11/h5,7-9,14,17H,2-4,6H2,1H3. The van der Waals surface area contributed by atoms with Crippen molar-refractivity contribution in [3.63, 3.8) is 0 Å². The number of hydrogen-bond acceptors (Lipinski definition) is 1. The van der Waals surface area contributed by atoms with Crippen molar-refractivity contribution in [3.8, 4) is 0 Å². The summed E-state index contributed by atoms with van der Waals surface area (Å²) in [5.41, 5.74) is 2.87. The van der Waals surface area contributed by atoms with Crippen LogP contribution in [-0.4, -0.2) is 6.54 Å². The Hall–Kier alpha value is -0.120. The average molecular weight is 359 g/mol. The van der Waals surface area contributed by atoms with Crippen molar-refractivity contribution < 1.29 is 0 Å². The van der Waals surface area contributed by atoms with Gasteiger partial charge in [0, 0.05) is 8.95 Å². The van der Waals surface area contributed by atoms with E-state index in [2.05, 4.69) is 68.4 Å². The molecule has 0 amide bonds. The summed E-state index contributed by atoms with van der Waals surface area (Å²) in [5, 5.41) is 3.59. The zero-order valence-corrected chi connectivity index (χ0v) is 13.1. The van der Waals surface area contributed by atoms with Gasteiger partial charge in [0.25, 0.3) is 0 Å². The molecule has 0 aliphatic heterocycles. The number of nitrogens with one attached hydrogen (secondary N) is 1. The Bertz CT molecular complexity index is 406. The van der Waals surface area contributed by atoms with Gasteiger partial charge in [-0.3, -0.25) is 0 Å². The Kier molecular flexibility index (Phi) is 4.83. The summed E-state index contributed by atoms with van der Waals surface area (Å²) >= 11 is 7.13. The van der Waals surface area contributed by atoms with Gasteiger partial charge in [-0.15, -0.1) is 0 Å². The molecule has 0 saturated heterocycles. The van der Waals surface area contributed by atoms with E-state index in [-0.39, 0.29) is 0 Å². The highest BCUT2D eigenvalue weighted by molar-refractivity contribution is 9.11. The van der Waals surface area contributed by atoms with Crippen LogP contribution in [0.1, 0.15) is 37.8 Å². The molecule has 0 aromatic heterocycles. The minimum Gasteiger partial charge on any atom is -0.307 e. The molecule has 1 aliphatic rings. The van der Waals surface area contributed by atoms with E-state index in [1.807, 2.05) is 0 Å². The fraction of sp³-hybridized carbons (Fsp3) is 0.429. The van der Waals surface area contributed by atoms with E-state index < -0.39 is 0 Å². The second-order valence-corrected chi connectivity index (χ2v) is 6.20. The third-order valence-corrected chi connectivity index (χ3v) is 3.99. The molecule has 1 N–H and O–H groups in total. The molecular formula is C14H17Br2N. The first-order valence-corrected chi connectivity index (χ1v) is 7.67. The number of allylic oxidation sites excluding steroid dienone is 1. The lowest BCUT2D eigenvalue weighted by molar-refractivity contribution is 0.605. The largest absolute Gasteiger partial charge is 0.307 e. The Morgan fingerprint density at radius 3 is 2.47 bits per heavy atom. The van der Waals surface area contributed by atoms with E-state index in [1.165, 1.54) is 30.4 Å². The van der Waals surface area contributed by atoms with Gasteiger partial charge in [0.2, 0.25) is 0 Å². The van der Waals surface area contributed by atoms with Crippen molar-refractivity contribution in [2.45, 2.75) is 32.2 Å². The van der Waals surface area contributed by atoms with Crippen molar-refractivity contribution in [2.75, 3.05) is 6.54 Å². The first kappa shape index (κ1) is 13.3. The third kappa shape index (κ3) is 3.43. The van der Waals surface area contributed by atoms with E-state index in [9.17, 15) is 0 Å². The maximum atomic E-state index is 3.59. The summed E-state index contributed by atoms with van der Waals surface area (Å²) in [6.45, 7) is 3.15. The predicted octanol–water partition coefficient (Wildman–Crippen LogP) is 4.97. The quantitative estimate of drug-likeness (QED) is 0.749. The predicted molar refractivity (Wildman–Crippen MR) is 80.2 cm³/mol. The zero-order valence-electron chi connectivity index (χ0n) is 9.97. The molecule has 0 bridgehead atoms. The molecule has 1 unspecified atom stereocenters. The van der Waals surface area contributed by atoms with Gasteiger partial charge in [-0.1, -0.05) is 50.4 Å². The van der Waals surface area contributed by atoms with Crippen molar-refractivity contribution in [1.82, 2.24) is 5.32 Å². The van der Waals surface area contributed by atoms with Crippen LogP contribution >= 0.6 is 31.9 Å². The van der Waals surface area contributed by atoms with Crippen LogP contribution in [0.15, 0.2) is 38.8 Å². The lowest BCUT2D eigenvalue weighted by Crippen LogP contribution is -2.22. The van der Waals surface area contributed by atoms with Crippen LogP contribution in [0.4, 0.5) is 0 Å². The summed E-state index contributed by atoms with van der Waals surface area (Å²) in [7, 11) is 0. The molecule has 0 fully saturated rings. The number of hydrogen-bond donors (Lipinski definition) is 1. The van der Waals surface area contributed by atoms with E-state index in [4.69, 9.17) is 0 Å². The molecule has 1 aromatic rings. The first-order valence-electron chi connectivity index (χ1n) is 6.09. The highest BCUT2D eigenvalue weighted by atomic mass is 79.9. The van der Waals surface area contributed by atoms with Gasteiger partial charge in [0.15, 0.2) is 0 Å². The normalized spacial score (nSPS) is 17.0. The van der Waals surface area contributed by atoms with Gasteiger partial charge >= 0.3 is 0 Å². The molecule has 1 aliphatic carbocycles. The lowest BCUT2D eigenvalue weighted by atomic mass is 9.98. The molecule has 0 spiro atoms. The number of halogens is 2. The molecule has 2 rings (SSSR count).